The first-order valence-corrected chi connectivity index (χ1v) is 15.2. The van der Waals surface area contributed by atoms with Crippen molar-refractivity contribution in [1.29, 1.82) is 0 Å². The second-order valence-electron chi connectivity index (χ2n) is 13.0. The van der Waals surface area contributed by atoms with Gasteiger partial charge in [-0.1, -0.05) is 46.8 Å². The van der Waals surface area contributed by atoms with Gasteiger partial charge in [0.2, 0.25) is 17.7 Å². The van der Waals surface area contributed by atoms with Crippen molar-refractivity contribution in [2.75, 3.05) is 39.8 Å². The molecule has 2 atom stereocenters. The minimum absolute atomic E-state index is 0.0191. The number of rotatable bonds is 9. The van der Waals surface area contributed by atoms with E-state index < -0.39 is 18.0 Å². The molecule has 2 aliphatic heterocycles. The molecule has 2 saturated heterocycles. The van der Waals surface area contributed by atoms with Gasteiger partial charge < -0.3 is 29.2 Å². The number of oxazole rings is 1. The molecule has 4 rings (SSSR count). The highest BCUT2D eigenvalue weighted by atomic mass is 16.5. The van der Waals surface area contributed by atoms with Crippen molar-refractivity contribution in [3.8, 4) is 5.75 Å². The predicted octanol–water partition coefficient (Wildman–Crippen LogP) is 3.85. The van der Waals surface area contributed by atoms with Crippen LogP contribution < -0.4 is 10.1 Å². The summed E-state index contributed by atoms with van der Waals surface area (Å²) in [6, 6.07) is 5.71. The zero-order valence-corrected chi connectivity index (χ0v) is 26.0. The third-order valence-electron chi connectivity index (χ3n) is 7.97. The van der Waals surface area contributed by atoms with Gasteiger partial charge in [0.05, 0.1) is 11.8 Å². The van der Waals surface area contributed by atoms with Gasteiger partial charge in [-0.2, -0.15) is 0 Å². The molecule has 0 radical (unpaired) electrons. The summed E-state index contributed by atoms with van der Waals surface area (Å²) in [7, 11) is 2.05. The molecule has 3 amide bonds. The van der Waals surface area contributed by atoms with Crippen LogP contribution in [-0.4, -0.2) is 89.3 Å². The average molecular weight is 582 g/mol. The topological polar surface area (TPSA) is 108 Å². The number of hydrogen-bond acceptors (Lipinski definition) is 7. The van der Waals surface area contributed by atoms with Crippen molar-refractivity contribution in [2.45, 2.75) is 84.4 Å². The van der Waals surface area contributed by atoms with E-state index >= 15 is 0 Å². The molecule has 0 bridgehead atoms. The van der Waals surface area contributed by atoms with Gasteiger partial charge >= 0.3 is 0 Å². The molecular formula is C32H47N5O5. The lowest BCUT2D eigenvalue weighted by Gasteiger charge is -2.41. The van der Waals surface area contributed by atoms with Gasteiger partial charge in [-0.15, -0.1) is 0 Å². The first kappa shape index (κ1) is 31.5. The highest BCUT2D eigenvalue weighted by Crippen LogP contribution is 2.26. The van der Waals surface area contributed by atoms with Crippen molar-refractivity contribution < 1.29 is 23.5 Å². The molecule has 1 aromatic heterocycles. The maximum absolute atomic E-state index is 14.0. The highest BCUT2D eigenvalue weighted by Gasteiger charge is 2.38. The van der Waals surface area contributed by atoms with E-state index in [0.717, 1.165) is 31.7 Å². The number of aromatic nitrogens is 1. The second-order valence-corrected chi connectivity index (χ2v) is 13.0. The quantitative estimate of drug-likeness (QED) is 0.479. The van der Waals surface area contributed by atoms with Gasteiger partial charge in [0.25, 0.3) is 5.91 Å². The van der Waals surface area contributed by atoms with Gasteiger partial charge in [0, 0.05) is 38.1 Å². The first-order chi connectivity index (χ1) is 19.9. The third kappa shape index (κ3) is 7.91. The number of likely N-dealkylation sites (tertiary alicyclic amines) is 1. The number of amides is 3. The Morgan fingerprint density at radius 1 is 1.07 bits per heavy atom. The Bertz CT molecular complexity index is 1230. The van der Waals surface area contributed by atoms with Crippen LogP contribution in [0.25, 0.3) is 0 Å². The maximum Gasteiger partial charge on any atom is 0.255 e. The van der Waals surface area contributed by atoms with Crippen molar-refractivity contribution in [2.24, 2.45) is 5.92 Å². The van der Waals surface area contributed by atoms with E-state index in [9.17, 15) is 14.4 Å². The largest absolute Gasteiger partial charge is 0.483 e. The van der Waals surface area contributed by atoms with Gasteiger partial charge in [-0.05, 0) is 50.8 Å². The fraction of sp³-hybridized carbons (Fsp3) is 0.625. The molecule has 10 heteroatoms. The summed E-state index contributed by atoms with van der Waals surface area (Å²) in [5.41, 5.74) is 0.147. The molecule has 2 aromatic rings. The molecule has 0 spiro atoms. The Morgan fingerprint density at radius 2 is 1.79 bits per heavy atom. The lowest BCUT2D eigenvalue weighted by atomic mass is 9.94. The van der Waals surface area contributed by atoms with Crippen LogP contribution in [0, 0.1) is 5.92 Å². The summed E-state index contributed by atoms with van der Waals surface area (Å²) in [5, 5.41) is 2.99. The van der Waals surface area contributed by atoms with Crippen LogP contribution in [0.5, 0.6) is 5.75 Å². The fourth-order valence-corrected chi connectivity index (χ4v) is 5.46. The van der Waals surface area contributed by atoms with E-state index in [-0.39, 0.29) is 29.8 Å². The molecular weight excluding hydrogens is 534 g/mol. The van der Waals surface area contributed by atoms with E-state index in [1.807, 2.05) is 39.5 Å². The summed E-state index contributed by atoms with van der Waals surface area (Å²) in [4.78, 5) is 51.3. The molecule has 0 aliphatic carbocycles. The number of benzene rings is 1. The average Bonchev–Trinajstić information content (AvgIpc) is 3.45. The zero-order valence-electron chi connectivity index (χ0n) is 26.0. The highest BCUT2D eigenvalue weighted by molar-refractivity contribution is 6.00. The van der Waals surface area contributed by atoms with Gasteiger partial charge in [0.15, 0.2) is 6.61 Å². The van der Waals surface area contributed by atoms with E-state index in [4.69, 9.17) is 9.15 Å². The number of carbonyl (C=O) groups is 3. The molecule has 1 N–H and O–H groups in total. The van der Waals surface area contributed by atoms with E-state index in [1.165, 1.54) is 0 Å². The number of nitrogens with zero attached hydrogens (tertiary/aromatic N) is 4. The zero-order chi connectivity index (χ0) is 30.4. The molecule has 230 valence electrons. The number of piperazine rings is 1. The smallest absolute Gasteiger partial charge is 0.255 e. The lowest BCUT2D eigenvalue weighted by molar-refractivity contribution is -0.149. The van der Waals surface area contributed by atoms with Gasteiger partial charge in [0.1, 0.15) is 23.6 Å². The minimum Gasteiger partial charge on any atom is -0.483 e. The van der Waals surface area contributed by atoms with Crippen LogP contribution in [-0.2, 0) is 21.6 Å². The van der Waals surface area contributed by atoms with Crippen molar-refractivity contribution >= 4 is 17.7 Å². The molecule has 1 aromatic carbocycles. The van der Waals surface area contributed by atoms with Crippen LogP contribution in [0.3, 0.4) is 0 Å². The van der Waals surface area contributed by atoms with Crippen LogP contribution in [0.4, 0.5) is 0 Å². The number of para-hydroxylation sites is 1. The Balaban J connectivity index is 1.47. The number of piperidine rings is 1. The monoisotopic (exact) mass is 581 g/mol. The summed E-state index contributed by atoms with van der Waals surface area (Å²) in [6.45, 7) is 13.7. The van der Waals surface area contributed by atoms with Gasteiger partial charge in [-0.3, -0.25) is 14.4 Å². The van der Waals surface area contributed by atoms with Crippen molar-refractivity contribution in [3.63, 3.8) is 0 Å². The van der Waals surface area contributed by atoms with E-state index in [2.05, 4.69) is 22.2 Å². The molecule has 10 nitrogen and oxygen atoms in total. The summed E-state index contributed by atoms with van der Waals surface area (Å²) in [5.74, 6) is 1.13. The number of likely N-dealkylation sites (N-methyl/N-ethyl adjacent to an activating group) is 1. The maximum atomic E-state index is 14.0. The Morgan fingerprint density at radius 3 is 2.45 bits per heavy atom. The van der Waals surface area contributed by atoms with E-state index in [0.29, 0.717) is 49.7 Å². The normalized spacial score (nSPS) is 19.1. The summed E-state index contributed by atoms with van der Waals surface area (Å²) in [6.07, 6.45) is 4.55. The molecule has 0 unspecified atom stereocenters. The van der Waals surface area contributed by atoms with Gasteiger partial charge in [-0.25, -0.2) is 4.98 Å². The fourth-order valence-electron chi connectivity index (χ4n) is 5.46. The minimum atomic E-state index is -0.757. The molecule has 2 aliphatic rings. The molecule has 0 saturated carbocycles. The third-order valence-corrected chi connectivity index (χ3v) is 7.97. The Labute approximate surface area is 249 Å². The second kappa shape index (κ2) is 13.7. The number of hydrogen-bond donors (Lipinski definition) is 1. The standard InChI is InChI=1S/C32H47N5O5/c1-22(2)19-24(30(39)37-14-10-9-12-25(37)31(40)36-17-15-35(6)16-18-36)34-29(38)23-11-7-8-13-26(23)41-21-28-33-20-27(42-28)32(3,4)5/h7-8,11,13,20,22,24-25H,9-10,12,14-19,21H2,1-6H3,(H,34,38)/t24-,25-/m1/s1. The van der Waals surface area contributed by atoms with Crippen LogP contribution in [0.2, 0.25) is 0 Å². The number of carbonyl (C=O) groups excluding carboxylic acids is 3. The lowest BCUT2D eigenvalue weighted by Crippen LogP contribution is -2.60. The number of ether oxygens (including phenoxy) is 1. The molecule has 42 heavy (non-hydrogen) atoms. The van der Waals surface area contributed by atoms with Crippen LogP contribution in [0.15, 0.2) is 34.9 Å². The van der Waals surface area contributed by atoms with Crippen molar-refractivity contribution in [3.05, 3.63) is 47.7 Å². The first-order valence-electron chi connectivity index (χ1n) is 15.2. The Kier molecular flexibility index (Phi) is 10.3. The summed E-state index contributed by atoms with van der Waals surface area (Å²) >= 11 is 0. The van der Waals surface area contributed by atoms with Crippen LogP contribution >= 0.6 is 0 Å². The van der Waals surface area contributed by atoms with Crippen LogP contribution in [0.1, 0.15) is 82.3 Å². The Hall–Kier alpha value is -3.40. The predicted molar refractivity (Wildman–Crippen MR) is 160 cm³/mol. The van der Waals surface area contributed by atoms with E-state index in [1.54, 1.807) is 35.4 Å². The SMILES string of the molecule is CC(C)C[C@@H](NC(=O)c1ccccc1OCc1ncc(C(C)(C)C)o1)C(=O)N1CCCC[C@@H]1C(=O)N1CCN(C)CC1. The molecule has 3 heterocycles. The van der Waals surface area contributed by atoms with Crippen molar-refractivity contribution in [1.82, 2.24) is 25.0 Å². The summed E-state index contributed by atoms with van der Waals surface area (Å²) < 4.78 is 11.8. The molecule has 2 fully saturated rings. The number of nitrogens with one attached hydrogen (secondary N) is 1.